The molecule has 0 radical (unpaired) electrons. The van der Waals surface area contributed by atoms with Crippen molar-refractivity contribution in [1.29, 1.82) is 0 Å². The second-order valence-electron chi connectivity index (χ2n) is 9.16. The molecule has 2 aliphatic rings. The molecule has 2 aromatic carbocycles. The van der Waals surface area contributed by atoms with Crippen LogP contribution in [0.2, 0.25) is 0 Å². The maximum atomic E-state index is 11.5. The molecule has 5 nitrogen and oxygen atoms in total. The van der Waals surface area contributed by atoms with Gasteiger partial charge >= 0.3 is 5.97 Å². The van der Waals surface area contributed by atoms with Gasteiger partial charge in [0, 0.05) is 8.95 Å². The molecule has 0 unspecified atom stereocenters. The minimum Gasteiger partial charge on any atom is -0.480 e. The number of hydrogen-bond acceptors (Lipinski definition) is 4. The van der Waals surface area contributed by atoms with Crippen molar-refractivity contribution in [3.05, 3.63) is 68.6 Å². The second-order valence-corrected chi connectivity index (χ2v) is 11.0. The van der Waals surface area contributed by atoms with Crippen LogP contribution in [0, 0.1) is 0 Å². The quantitative estimate of drug-likeness (QED) is 0.453. The Hall–Kier alpha value is -1.54. The number of hydrogen-bond donors (Lipinski definition) is 3. The fourth-order valence-electron chi connectivity index (χ4n) is 4.70. The van der Waals surface area contributed by atoms with Crippen molar-refractivity contribution in [2.45, 2.75) is 68.4 Å². The number of rotatable bonds is 4. The van der Waals surface area contributed by atoms with E-state index in [4.69, 9.17) is 16.6 Å². The SMILES string of the molecule is CC(=O)[C@]1(N)CC[C@H](c2ccc(Br)cc2)C1.N[C@]1(C(=O)O)CC[C@H](c2ccc(Br)cc2)C1. The second kappa shape index (κ2) is 10.2. The average Bonchev–Trinajstić information content (AvgIpc) is 3.35. The number of ketones is 1. The summed E-state index contributed by atoms with van der Waals surface area (Å²) in [5.41, 5.74) is 12.8. The zero-order valence-electron chi connectivity index (χ0n) is 18.2. The molecule has 0 aliphatic heterocycles. The van der Waals surface area contributed by atoms with E-state index in [1.54, 1.807) is 6.92 Å². The summed E-state index contributed by atoms with van der Waals surface area (Å²) in [6.07, 6.45) is 4.54. The van der Waals surface area contributed by atoms with Crippen molar-refractivity contribution in [3.8, 4) is 0 Å². The molecule has 0 spiro atoms. The van der Waals surface area contributed by atoms with Crippen LogP contribution in [0.5, 0.6) is 0 Å². The molecule has 2 saturated carbocycles. The number of aliphatic carboxylic acids is 1. The summed E-state index contributed by atoms with van der Waals surface area (Å²) in [4.78, 5) is 22.5. The Kier molecular flexibility index (Phi) is 7.97. The summed E-state index contributed by atoms with van der Waals surface area (Å²) in [6.45, 7) is 1.60. The lowest BCUT2D eigenvalue weighted by Gasteiger charge is -2.20. The molecule has 0 saturated heterocycles. The molecule has 5 N–H and O–H groups in total. The van der Waals surface area contributed by atoms with Gasteiger partial charge in [-0.15, -0.1) is 0 Å². The van der Waals surface area contributed by atoms with E-state index in [0.717, 1.165) is 34.6 Å². The van der Waals surface area contributed by atoms with Crippen LogP contribution in [0.1, 0.15) is 68.4 Å². The Morgan fingerprint density at radius 3 is 1.50 bits per heavy atom. The van der Waals surface area contributed by atoms with Crippen molar-refractivity contribution in [1.82, 2.24) is 0 Å². The van der Waals surface area contributed by atoms with Crippen molar-refractivity contribution < 1.29 is 14.7 Å². The highest BCUT2D eigenvalue weighted by Gasteiger charge is 2.42. The lowest BCUT2D eigenvalue weighted by molar-refractivity contribution is -0.143. The molecule has 4 atom stereocenters. The van der Waals surface area contributed by atoms with Gasteiger partial charge in [0.25, 0.3) is 0 Å². The van der Waals surface area contributed by atoms with Crippen molar-refractivity contribution in [3.63, 3.8) is 0 Å². The minimum absolute atomic E-state index is 0.118. The first-order valence-electron chi connectivity index (χ1n) is 10.9. The highest BCUT2D eigenvalue weighted by atomic mass is 79.9. The van der Waals surface area contributed by atoms with Gasteiger partial charge in [0.15, 0.2) is 0 Å². The van der Waals surface area contributed by atoms with E-state index in [2.05, 4.69) is 44.0 Å². The number of carboxylic acid groups (broad SMARTS) is 1. The van der Waals surface area contributed by atoms with Crippen LogP contribution in [0.25, 0.3) is 0 Å². The lowest BCUT2D eigenvalue weighted by atomic mass is 9.90. The van der Waals surface area contributed by atoms with Gasteiger partial charge in [-0.2, -0.15) is 0 Å². The normalized spacial score (nSPS) is 29.3. The molecule has 4 rings (SSSR count). The highest BCUT2D eigenvalue weighted by Crippen LogP contribution is 2.41. The summed E-state index contributed by atoms with van der Waals surface area (Å²) in [6, 6.07) is 16.3. The Morgan fingerprint density at radius 2 is 1.19 bits per heavy atom. The number of halogens is 2. The average molecular weight is 566 g/mol. The molecule has 2 aliphatic carbocycles. The van der Waals surface area contributed by atoms with E-state index < -0.39 is 17.0 Å². The van der Waals surface area contributed by atoms with Crippen molar-refractivity contribution >= 4 is 43.6 Å². The molecule has 7 heteroatoms. The van der Waals surface area contributed by atoms with Gasteiger partial charge in [0.1, 0.15) is 11.3 Å². The summed E-state index contributed by atoms with van der Waals surface area (Å²) in [7, 11) is 0. The van der Waals surface area contributed by atoms with E-state index in [1.165, 1.54) is 11.1 Å². The summed E-state index contributed by atoms with van der Waals surface area (Å²) in [5.74, 6) is -0.0598. The molecule has 0 aromatic heterocycles. The molecule has 2 fully saturated rings. The third kappa shape index (κ3) is 5.87. The fourth-order valence-corrected chi connectivity index (χ4v) is 5.23. The monoisotopic (exact) mass is 564 g/mol. The van der Waals surface area contributed by atoms with Crippen LogP contribution in [0.3, 0.4) is 0 Å². The van der Waals surface area contributed by atoms with Crippen LogP contribution >= 0.6 is 31.9 Å². The number of carboxylic acids is 1. The third-order valence-electron chi connectivity index (χ3n) is 6.91. The molecule has 0 bridgehead atoms. The molecular formula is C25H30Br2N2O3. The maximum absolute atomic E-state index is 11.5. The summed E-state index contributed by atoms with van der Waals surface area (Å²) >= 11 is 6.80. The molecule has 0 amide bonds. The van der Waals surface area contributed by atoms with Crippen LogP contribution in [0.15, 0.2) is 57.5 Å². The first-order valence-corrected chi connectivity index (χ1v) is 12.4. The lowest BCUT2D eigenvalue weighted by Crippen LogP contribution is -2.45. The zero-order valence-corrected chi connectivity index (χ0v) is 21.4. The molecule has 0 heterocycles. The van der Waals surface area contributed by atoms with E-state index in [0.29, 0.717) is 18.8 Å². The Labute approximate surface area is 206 Å². The standard InChI is InChI=1S/C13H16BrNO.C12H14BrNO2/c1-9(16)13(15)7-6-11(8-13)10-2-4-12(14)5-3-10;13-10-3-1-8(2-4-10)9-5-6-12(14,7-9)11(15)16/h2-5,11H,6-8,15H2,1H3;1-4,9H,5-7,14H2,(H,15,16)/t11-,13-;9-,12+/m00/s1. The molecular weight excluding hydrogens is 536 g/mol. The highest BCUT2D eigenvalue weighted by molar-refractivity contribution is 9.10. The van der Waals surface area contributed by atoms with Gasteiger partial charge in [0.05, 0.1) is 5.54 Å². The van der Waals surface area contributed by atoms with Crippen LogP contribution in [-0.2, 0) is 9.59 Å². The Balaban J connectivity index is 0.000000181. The molecule has 2 aromatic rings. The first kappa shape index (κ1) is 25.1. The van der Waals surface area contributed by atoms with Crippen molar-refractivity contribution in [2.24, 2.45) is 11.5 Å². The van der Waals surface area contributed by atoms with Gasteiger partial charge in [-0.25, -0.2) is 0 Å². The number of nitrogens with two attached hydrogens (primary N) is 2. The van der Waals surface area contributed by atoms with Gasteiger partial charge in [-0.1, -0.05) is 56.1 Å². The van der Waals surface area contributed by atoms with Gasteiger partial charge in [-0.3, -0.25) is 9.59 Å². The van der Waals surface area contributed by atoms with Crippen LogP contribution < -0.4 is 11.5 Å². The maximum Gasteiger partial charge on any atom is 0.323 e. The smallest absolute Gasteiger partial charge is 0.323 e. The first-order chi connectivity index (χ1) is 15.0. The Morgan fingerprint density at radius 1 is 0.812 bits per heavy atom. The van der Waals surface area contributed by atoms with Gasteiger partial charge in [0.2, 0.25) is 0 Å². The number of benzene rings is 2. The van der Waals surface area contributed by atoms with Gasteiger partial charge in [-0.05, 0) is 92.7 Å². The molecule has 172 valence electrons. The zero-order chi connectivity index (χ0) is 23.5. The third-order valence-corrected chi connectivity index (χ3v) is 7.97. The number of carbonyl (C=O) groups is 2. The van der Waals surface area contributed by atoms with E-state index in [-0.39, 0.29) is 11.7 Å². The topological polar surface area (TPSA) is 106 Å². The van der Waals surface area contributed by atoms with E-state index in [9.17, 15) is 9.59 Å². The largest absolute Gasteiger partial charge is 0.480 e. The number of carbonyl (C=O) groups excluding carboxylic acids is 1. The van der Waals surface area contributed by atoms with E-state index >= 15 is 0 Å². The van der Waals surface area contributed by atoms with Crippen molar-refractivity contribution in [2.75, 3.05) is 0 Å². The predicted molar refractivity (Wildman–Crippen MR) is 134 cm³/mol. The summed E-state index contributed by atoms with van der Waals surface area (Å²) < 4.78 is 2.12. The summed E-state index contributed by atoms with van der Waals surface area (Å²) in [5, 5.41) is 9.05. The van der Waals surface area contributed by atoms with Crippen LogP contribution in [-0.4, -0.2) is 27.9 Å². The van der Waals surface area contributed by atoms with E-state index in [1.807, 2.05) is 36.4 Å². The minimum atomic E-state index is -1.03. The Bertz CT molecular complexity index is 885. The number of Topliss-reactive ketones (excluding diaryl/α,β-unsaturated/α-hetero) is 1. The molecule has 32 heavy (non-hydrogen) atoms. The van der Waals surface area contributed by atoms with Gasteiger partial charge < -0.3 is 16.6 Å². The van der Waals surface area contributed by atoms with Crippen LogP contribution in [0.4, 0.5) is 0 Å². The fraction of sp³-hybridized carbons (Fsp3) is 0.440. The predicted octanol–water partition coefficient (Wildman–Crippen LogP) is 5.50.